The zero-order chi connectivity index (χ0) is 13.0. The van der Waals surface area contributed by atoms with Crippen molar-refractivity contribution in [3.05, 3.63) is 18.2 Å². The van der Waals surface area contributed by atoms with Gasteiger partial charge in [-0.1, -0.05) is 6.92 Å². The van der Waals surface area contributed by atoms with Gasteiger partial charge in [-0.15, -0.1) is 0 Å². The highest BCUT2D eigenvalue weighted by molar-refractivity contribution is 4.97. The Morgan fingerprint density at radius 3 is 2.78 bits per heavy atom. The molecule has 102 valence electrons. The van der Waals surface area contributed by atoms with Gasteiger partial charge in [-0.2, -0.15) is 0 Å². The molecule has 0 amide bonds. The van der Waals surface area contributed by atoms with Gasteiger partial charge in [-0.05, 0) is 38.6 Å². The first kappa shape index (κ1) is 13.6. The number of nitrogens with zero attached hydrogens (tertiary/aromatic N) is 3. The molecule has 2 N–H and O–H groups in total. The third-order valence-corrected chi connectivity index (χ3v) is 4.09. The van der Waals surface area contributed by atoms with Crippen molar-refractivity contribution >= 4 is 0 Å². The summed E-state index contributed by atoms with van der Waals surface area (Å²) in [5.74, 6) is 0.915. The highest BCUT2D eigenvalue weighted by Crippen LogP contribution is 2.26. The lowest BCUT2D eigenvalue weighted by Gasteiger charge is -2.33. The van der Waals surface area contributed by atoms with Crippen molar-refractivity contribution in [2.24, 2.45) is 11.7 Å². The molecule has 0 bridgehead atoms. The second-order valence-electron chi connectivity index (χ2n) is 5.72. The first-order valence-corrected chi connectivity index (χ1v) is 7.10. The van der Waals surface area contributed by atoms with Crippen molar-refractivity contribution in [1.29, 1.82) is 0 Å². The van der Waals surface area contributed by atoms with Crippen LogP contribution in [-0.4, -0.2) is 34.1 Å². The predicted octanol–water partition coefficient (Wildman–Crippen LogP) is 1.85. The fraction of sp³-hybridized carbons (Fsp3) is 0.786. The predicted molar refractivity (Wildman–Crippen MR) is 74.2 cm³/mol. The highest BCUT2D eigenvalue weighted by Gasteiger charge is 2.21. The lowest BCUT2D eigenvalue weighted by Crippen LogP contribution is -2.34. The Balaban J connectivity index is 1.84. The first-order valence-electron chi connectivity index (χ1n) is 7.10. The minimum absolute atomic E-state index is 0.673. The van der Waals surface area contributed by atoms with Crippen molar-refractivity contribution < 1.29 is 0 Å². The van der Waals surface area contributed by atoms with Gasteiger partial charge >= 0.3 is 0 Å². The van der Waals surface area contributed by atoms with Gasteiger partial charge in [0, 0.05) is 31.9 Å². The molecule has 0 atom stereocenters. The molecule has 1 aliphatic carbocycles. The van der Waals surface area contributed by atoms with E-state index in [1.807, 2.05) is 6.33 Å². The lowest BCUT2D eigenvalue weighted by atomic mass is 9.87. The Bertz CT molecular complexity index is 352. The zero-order valence-corrected chi connectivity index (χ0v) is 11.7. The summed E-state index contributed by atoms with van der Waals surface area (Å²) in [6.45, 7) is 4.85. The van der Waals surface area contributed by atoms with Gasteiger partial charge in [-0.3, -0.25) is 4.90 Å². The van der Waals surface area contributed by atoms with Crippen LogP contribution in [0.3, 0.4) is 0 Å². The molecule has 0 unspecified atom stereocenters. The van der Waals surface area contributed by atoms with Gasteiger partial charge in [0.2, 0.25) is 0 Å². The highest BCUT2D eigenvalue weighted by atomic mass is 15.1. The lowest BCUT2D eigenvalue weighted by molar-refractivity contribution is 0.162. The first-order chi connectivity index (χ1) is 8.69. The number of aromatic nitrogens is 2. The van der Waals surface area contributed by atoms with Crippen molar-refractivity contribution in [1.82, 2.24) is 14.5 Å². The van der Waals surface area contributed by atoms with Gasteiger partial charge in [0.05, 0.1) is 12.0 Å². The van der Waals surface area contributed by atoms with E-state index in [0.717, 1.165) is 30.7 Å². The third kappa shape index (κ3) is 3.56. The maximum absolute atomic E-state index is 5.54. The van der Waals surface area contributed by atoms with Crippen LogP contribution in [-0.2, 0) is 13.1 Å². The molecule has 0 aromatic carbocycles. The van der Waals surface area contributed by atoms with E-state index in [1.54, 1.807) is 0 Å². The number of hydrogen-bond donors (Lipinski definition) is 1. The molecule has 2 rings (SSSR count). The van der Waals surface area contributed by atoms with Crippen LogP contribution in [0.25, 0.3) is 0 Å². The number of nitrogens with two attached hydrogens (primary N) is 1. The maximum Gasteiger partial charge on any atom is 0.0950 e. The fourth-order valence-electron chi connectivity index (χ4n) is 2.83. The summed E-state index contributed by atoms with van der Waals surface area (Å²) in [7, 11) is 2.22. The number of rotatable bonds is 5. The summed E-state index contributed by atoms with van der Waals surface area (Å²) < 4.78 is 2.08. The standard InChI is InChI=1S/C14H26N4/c1-12-3-5-14(6-4-12)17(2)9-13-10-18(8-7-15)11-16-13/h10-12,14H,3-9,15H2,1-2H3. The molecule has 0 radical (unpaired) electrons. The van der Waals surface area contributed by atoms with Crippen LogP contribution in [0, 0.1) is 5.92 Å². The minimum atomic E-state index is 0.673. The van der Waals surface area contributed by atoms with Gasteiger partial charge in [0.1, 0.15) is 0 Å². The molecule has 1 fully saturated rings. The molecule has 1 aromatic rings. The molecule has 1 saturated carbocycles. The van der Waals surface area contributed by atoms with E-state index in [0.29, 0.717) is 6.54 Å². The van der Waals surface area contributed by atoms with E-state index in [2.05, 4.69) is 34.6 Å². The van der Waals surface area contributed by atoms with Crippen molar-refractivity contribution in [2.45, 2.75) is 51.7 Å². The summed E-state index contributed by atoms with van der Waals surface area (Å²) in [5, 5.41) is 0. The number of imidazole rings is 1. The quantitative estimate of drug-likeness (QED) is 0.867. The largest absolute Gasteiger partial charge is 0.336 e. The molecular formula is C14H26N4. The summed E-state index contributed by atoms with van der Waals surface area (Å²) in [6.07, 6.45) is 9.42. The SMILES string of the molecule is CC1CCC(N(C)Cc2cn(CCN)cn2)CC1. The van der Waals surface area contributed by atoms with Crippen molar-refractivity contribution in [3.63, 3.8) is 0 Å². The number of hydrogen-bond acceptors (Lipinski definition) is 3. The second-order valence-corrected chi connectivity index (χ2v) is 5.72. The molecule has 1 aliphatic rings. The minimum Gasteiger partial charge on any atom is -0.336 e. The van der Waals surface area contributed by atoms with Gasteiger partial charge in [-0.25, -0.2) is 4.98 Å². The van der Waals surface area contributed by atoms with Crippen molar-refractivity contribution in [3.8, 4) is 0 Å². The Morgan fingerprint density at radius 2 is 2.11 bits per heavy atom. The smallest absolute Gasteiger partial charge is 0.0950 e. The van der Waals surface area contributed by atoms with Gasteiger partial charge < -0.3 is 10.3 Å². The van der Waals surface area contributed by atoms with Crippen LogP contribution in [0.5, 0.6) is 0 Å². The Labute approximate surface area is 110 Å². The van der Waals surface area contributed by atoms with Gasteiger partial charge in [0.15, 0.2) is 0 Å². The van der Waals surface area contributed by atoms with E-state index in [4.69, 9.17) is 5.73 Å². The van der Waals surface area contributed by atoms with Crippen LogP contribution in [0.1, 0.15) is 38.3 Å². The van der Waals surface area contributed by atoms with Gasteiger partial charge in [0.25, 0.3) is 0 Å². The monoisotopic (exact) mass is 250 g/mol. The Kier molecular flexibility index (Phi) is 4.78. The maximum atomic E-state index is 5.54. The molecule has 1 heterocycles. The third-order valence-electron chi connectivity index (χ3n) is 4.09. The normalized spacial score (nSPS) is 24.7. The summed E-state index contributed by atoms with van der Waals surface area (Å²) in [4.78, 5) is 6.91. The van der Waals surface area contributed by atoms with E-state index >= 15 is 0 Å². The molecule has 18 heavy (non-hydrogen) atoms. The van der Waals surface area contributed by atoms with E-state index in [9.17, 15) is 0 Å². The molecule has 0 saturated heterocycles. The molecule has 1 aromatic heterocycles. The second kappa shape index (κ2) is 6.34. The summed E-state index contributed by atoms with van der Waals surface area (Å²) >= 11 is 0. The van der Waals surface area contributed by atoms with Crippen LogP contribution in [0.4, 0.5) is 0 Å². The Morgan fingerprint density at radius 1 is 1.39 bits per heavy atom. The van der Waals surface area contributed by atoms with E-state index in [-0.39, 0.29) is 0 Å². The van der Waals surface area contributed by atoms with Crippen LogP contribution < -0.4 is 5.73 Å². The summed E-state index contributed by atoms with van der Waals surface area (Å²) in [5.41, 5.74) is 6.70. The van der Waals surface area contributed by atoms with Crippen molar-refractivity contribution in [2.75, 3.05) is 13.6 Å². The summed E-state index contributed by atoms with van der Waals surface area (Å²) in [6, 6.07) is 0.737. The fourth-order valence-corrected chi connectivity index (χ4v) is 2.83. The average Bonchev–Trinajstić information content (AvgIpc) is 2.78. The molecular weight excluding hydrogens is 224 g/mol. The topological polar surface area (TPSA) is 47.1 Å². The molecule has 0 spiro atoms. The molecule has 4 nitrogen and oxygen atoms in total. The average molecular weight is 250 g/mol. The van der Waals surface area contributed by atoms with E-state index < -0.39 is 0 Å². The Hall–Kier alpha value is -0.870. The zero-order valence-electron chi connectivity index (χ0n) is 11.7. The van der Waals surface area contributed by atoms with Crippen LogP contribution in [0.15, 0.2) is 12.5 Å². The van der Waals surface area contributed by atoms with Crippen LogP contribution >= 0.6 is 0 Å². The molecule has 0 aliphatic heterocycles. The van der Waals surface area contributed by atoms with E-state index in [1.165, 1.54) is 25.7 Å². The molecule has 4 heteroatoms. The van der Waals surface area contributed by atoms with Crippen LogP contribution in [0.2, 0.25) is 0 Å².